The van der Waals surface area contributed by atoms with Crippen LogP contribution in [0.1, 0.15) is 21.6 Å². The zero-order chi connectivity index (χ0) is 20.2. The smallest absolute Gasteiger partial charge is 0.259 e. The van der Waals surface area contributed by atoms with E-state index in [1.165, 1.54) is 0 Å². The van der Waals surface area contributed by atoms with Gasteiger partial charge in [0.05, 0.1) is 11.3 Å². The van der Waals surface area contributed by atoms with E-state index in [-0.39, 0.29) is 12.5 Å². The van der Waals surface area contributed by atoms with Gasteiger partial charge in [0.15, 0.2) is 0 Å². The molecule has 0 unspecified atom stereocenters. The van der Waals surface area contributed by atoms with Crippen molar-refractivity contribution >= 4 is 29.0 Å². The van der Waals surface area contributed by atoms with Crippen LogP contribution in [0.4, 0.5) is 5.69 Å². The van der Waals surface area contributed by atoms with Crippen molar-refractivity contribution in [1.82, 2.24) is 9.38 Å². The van der Waals surface area contributed by atoms with Crippen LogP contribution >= 0.6 is 11.8 Å². The maximum absolute atomic E-state index is 12.8. The van der Waals surface area contributed by atoms with E-state index in [2.05, 4.69) is 10.3 Å². The number of nitrogens with one attached hydrogen (secondary N) is 1. The first kappa shape index (κ1) is 19.1. The second-order valence-electron chi connectivity index (χ2n) is 6.63. The predicted octanol–water partition coefficient (Wildman–Crippen LogP) is 5.20. The molecule has 29 heavy (non-hydrogen) atoms. The van der Waals surface area contributed by atoms with Gasteiger partial charge in [0.2, 0.25) is 0 Å². The molecule has 4 rings (SSSR count). The molecule has 2 heterocycles. The number of anilines is 1. The van der Waals surface area contributed by atoms with Gasteiger partial charge in [0, 0.05) is 23.0 Å². The van der Waals surface area contributed by atoms with E-state index in [4.69, 9.17) is 4.74 Å². The molecule has 6 heteroatoms. The number of rotatable bonds is 6. The van der Waals surface area contributed by atoms with Gasteiger partial charge in [-0.05, 0) is 55.1 Å². The van der Waals surface area contributed by atoms with Crippen LogP contribution in [-0.4, -0.2) is 21.5 Å². The van der Waals surface area contributed by atoms with Crippen LogP contribution in [0.5, 0.6) is 5.75 Å². The standard InChI is InChI=1S/C23H21N3O2S/c1-16-7-6-12-26-14-18(24-22(16)26)15-28-21-11-4-3-10-20(21)23(27)25-17-8-5-9-19(13-17)29-2/h3-14H,15H2,1-2H3,(H,25,27). The summed E-state index contributed by atoms with van der Waals surface area (Å²) >= 11 is 1.63. The van der Waals surface area contributed by atoms with Crippen LogP contribution < -0.4 is 10.1 Å². The molecule has 2 aromatic heterocycles. The van der Waals surface area contributed by atoms with E-state index >= 15 is 0 Å². The molecule has 146 valence electrons. The quantitative estimate of drug-likeness (QED) is 0.450. The van der Waals surface area contributed by atoms with Crippen LogP contribution in [0, 0.1) is 6.92 Å². The average molecular weight is 404 g/mol. The van der Waals surface area contributed by atoms with Crippen molar-refractivity contribution < 1.29 is 9.53 Å². The number of imidazole rings is 1. The fourth-order valence-electron chi connectivity index (χ4n) is 3.10. The largest absolute Gasteiger partial charge is 0.486 e. The Hall–Kier alpha value is -3.25. The number of carbonyl (C=O) groups is 1. The Balaban J connectivity index is 1.51. The topological polar surface area (TPSA) is 55.6 Å². The SMILES string of the molecule is CSc1cccc(NC(=O)c2ccccc2OCc2cn3cccc(C)c3n2)c1. The summed E-state index contributed by atoms with van der Waals surface area (Å²) in [6.45, 7) is 2.31. The second-order valence-corrected chi connectivity index (χ2v) is 7.50. The van der Waals surface area contributed by atoms with Crippen LogP contribution in [0.2, 0.25) is 0 Å². The molecule has 0 fully saturated rings. The fourth-order valence-corrected chi connectivity index (χ4v) is 3.56. The fraction of sp³-hybridized carbons (Fsp3) is 0.130. The minimum atomic E-state index is -0.204. The van der Waals surface area contributed by atoms with Gasteiger partial charge < -0.3 is 14.5 Å². The molecular weight excluding hydrogens is 382 g/mol. The number of pyridine rings is 1. The zero-order valence-electron chi connectivity index (χ0n) is 16.3. The summed E-state index contributed by atoms with van der Waals surface area (Å²) in [5.74, 6) is 0.324. The normalized spacial score (nSPS) is 10.8. The van der Waals surface area contributed by atoms with Crippen LogP contribution in [0.15, 0.2) is 78.0 Å². The van der Waals surface area contributed by atoms with Crippen molar-refractivity contribution in [3.63, 3.8) is 0 Å². The molecule has 0 saturated carbocycles. The summed E-state index contributed by atoms with van der Waals surface area (Å²) in [6.07, 6.45) is 5.91. The van der Waals surface area contributed by atoms with Crippen molar-refractivity contribution in [3.05, 3.63) is 89.9 Å². The van der Waals surface area contributed by atoms with Crippen LogP contribution in [-0.2, 0) is 6.61 Å². The number of hydrogen-bond acceptors (Lipinski definition) is 4. The summed E-state index contributed by atoms with van der Waals surface area (Å²) in [7, 11) is 0. The third-order valence-electron chi connectivity index (χ3n) is 4.56. The number of aromatic nitrogens is 2. The average Bonchev–Trinajstić information content (AvgIpc) is 3.17. The molecule has 0 radical (unpaired) electrons. The number of fused-ring (bicyclic) bond motifs is 1. The highest BCUT2D eigenvalue weighted by atomic mass is 32.2. The molecule has 4 aromatic rings. The molecule has 0 saturated heterocycles. The van der Waals surface area contributed by atoms with E-state index in [1.807, 2.05) is 78.5 Å². The highest BCUT2D eigenvalue weighted by molar-refractivity contribution is 7.98. The summed E-state index contributed by atoms with van der Waals surface area (Å²) in [5, 5.41) is 2.95. The monoisotopic (exact) mass is 403 g/mol. The number of nitrogens with zero attached hydrogens (tertiary/aromatic N) is 2. The highest BCUT2D eigenvalue weighted by Gasteiger charge is 2.13. The lowest BCUT2D eigenvalue weighted by Crippen LogP contribution is -2.13. The number of carbonyl (C=O) groups excluding carboxylic acids is 1. The lowest BCUT2D eigenvalue weighted by molar-refractivity contribution is 0.102. The van der Waals surface area contributed by atoms with Gasteiger partial charge in [0.1, 0.15) is 18.0 Å². The van der Waals surface area contributed by atoms with E-state index < -0.39 is 0 Å². The molecule has 0 spiro atoms. The molecule has 0 aliphatic heterocycles. The lowest BCUT2D eigenvalue weighted by atomic mass is 10.2. The first-order valence-corrected chi connectivity index (χ1v) is 10.5. The second kappa shape index (κ2) is 8.41. The molecule has 0 atom stereocenters. The number of aryl methyl sites for hydroxylation is 1. The Labute approximate surface area is 173 Å². The van der Waals surface area contributed by atoms with Gasteiger partial charge in [0.25, 0.3) is 5.91 Å². The predicted molar refractivity (Wildman–Crippen MR) is 117 cm³/mol. The number of hydrogen-bond donors (Lipinski definition) is 1. The lowest BCUT2D eigenvalue weighted by Gasteiger charge is -2.11. The van der Waals surface area contributed by atoms with Crippen molar-refractivity contribution in [1.29, 1.82) is 0 Å². The molecule has 5 nitrogen and oxygen atoms in total. The van der Waals surface area contributed by atoms with Crippen LogP contribution in [0.3, 0.4) is 0 Å². The molecule has 1 amide bonds. The number of benzene rings is 2. The summed E-state index contributed by atoms with van der Waals surface area (Å²) < 4.78 is 7.93. The van der Waals surface area contributed by atoms with Crippen LogP contribution in [0.25, 0.3) is 5.65 Å². The Kier molecular flexibility index (Phi) is 5.53. The summed E-state index contributed by atoms with van der Waals surface area (Å²) in [4.78, 5) is 18.5. The number of ether oxygens (including phenoxy) is 1. The van der Waals surface area contributed by atoms with Gasteiger partial charge in [-0.1, -0.05) is 24.3 Å². The zero-order valence-corrected chi connectivity index (χ0v) is 17.1. The van der Waals surface area contributed by atoms with E-state index in [1.54, 1.807) is 23.9 Å². The number of amides is 1. The Morgan fingerprint density at radius 1 is 1.14 bits per heavy atom. The van der Waals surface area contributed by atoms with E-state index in [0.29, 0.717) is 11.3 Å². The third-order valence-corrected chi connectivity index (χ3v) is 5.29. The number of thioether (sulfide) groups is 1. The number of para-hydroxylation sites is 1. The molecule has 0 aliphatic rings. The Bertz CT molecular complexity index is 1170. The van der Waals surface area contributed by atoms with Gasteiger partial charge in [-0.3, -0.25) is 4.79 Å². The Morgan fingerprint density at radius 3 is 2.83 bits per heavy atom. The van der Waals surface area contributed by atoms with Crippen molar-refractivity contribution in [2.75, 3.05) is 11.6 Å². The van der Waals surface area contributed by atoms with Gasteiger partial charge >= 0.3 is 0 Å². The molecule has 1 N–H and O–H groups in total. The van der Waals surface area contributed by atoms with E-state index in [9.17, 15) is 4.79 Å². The molecular formula is C23H21N3O2S. The van der Waals surface area contributed by atoms with E-state index in [0.717, 1.165) is 27.5 Å². The van der Waals surface area contributed by atoms with Crippen molar-refractivity contribution in [2.45, 2.75) is 18.4 Å². The maximum atomic E-state index is 12.8. The minimum Gasteiger partial charge on any atom is -0.486 e. The van der Waals surface area contributed by atoms with Crippen molar-refractivity contribution in [2.24, 2.45) is 0 Å². The summed E-state index contributed by atoms with van der Waals surface area (Å²) in [5.41, 5.74) is 4.06. The first-order valence-electron chi connectivity index (χ1n) is 9.24. The van der Waals surface area contributed by atoms with Gasteiger partial charge in [-0.25, -0.2) is 4.98 Å². The molecule has 0 bridgehead atoms. The maximum Gasteiger partial charge on any atom is 0.259 e. The first-order chi connectivity index (χ1) is 14.1. The molecule has 0 aliphatic carbocycles. The minimum absolute atomic E-state index is 0.204. The molecule has 2 aromatic carbocycles. The highest BCUT2D eigenvalue weighted by Crippen LogP contribution is 2.23. The van der Waals surface area contributed by atoms with Gasteiger partial charge in [-0.15, -0.1) is 11.8 Å². The van der Waals surface area contributed by atoms with Crippen molar-refractivity contribution in [3.8, 4) is 5.75 Å². The Morgan fingerprint density at radius 2 is 2.00 bits per heavy atom. The van der Waals surface area contributed by atoms with Gasteiger partial charge in [-0.2, -0.15) is 0 Å². The third kappa shape index (κ3) is 4.27. The summed E-state index contributed by atoms with van der Waals surface area (Å²) in [6, 6.07) is 19.0.